The van der Waals surface area contributed by atoms with E-state index in [0.717, 1.165) is 31.7 Å². The van der Waals surface area contributed by atoms with Crippen molar-refractivity contribution in [2.45, 2.75) is 50.6 Å². The summed E-state index contributed by atoms with van der Waals surface area (Å²) in [6, 6.07) is 11.7. The van der Waals surface area contributed by atoms with Gasteiger partial charge in [0, 0.05) is 22.8 Å². The zero-order valence-electron chi connectivity index (χ0n) is 15.2. The van der Waals surface area contributed by atoms with Crippen LogP contribution in [0.1, 0.15) is 59.3 Å². The fraction of sp³-hybridized carbons (Fsp3) is 0.500. The first-order valence-electron chi connectivity index (χ1n) is 10.1. The van der Waals surface area contributed by atoms with E-state index in [4.69, 9.17) is 0 Å². The maximum Gasteiger partial charge on any atom is 0.275 e. The minimum Gasteiger partial charge on any atom is -0.344 e. The maximum absolute atomic E-state index is 12.9. The van der Waals surface area contributed by atoms with Gasteiger partial charge in [0.25, 0.3) is 5.91 Å². The van der Waals surface area contributed by atoms with E-state index >= 15 is 0 Å². The zero-order valence-corrected chi connectivity index (χ0v) is 16.0. The number of aryl methyl sites for hydroxylation is 1. The van der Waals surface area contributed by atoms with E-state index in [1.807, 2.05) is 11.3 Å². The summed E-state index contributed by atoms with van der Waals surface area (Å²) in [5, 5.41) is 5.60. The molecule has 0 spiro atoms. The fourth-order valence-corrected chi connectivity index (χ4v) is 5.98. The standard InChI is InChI=1S/C22H26N2OS/c25-21(23-19-7-3-5-15-4-1-2-6-17(15)19)14-24-12-10-20-18(11-13-26-20)22(24)16-8-9-16/h1-2,4,6,11,13,16,19,22H,3,5,7-10,12,14H2,(H,23,25)/p+1/t19-,22+/m1/s1. The van der Waals surface area contributed by atoms with E-state index in [1.165, 1.54) is 40.9 Å². The van der Waals surface area contributed by atoms with Gasteiger partial charge in [-0.3, -0.25) is 4.79 Å². The minimum absolute atomic E-state index is 0.202. The minimum atomic E-state index is 0.202. The summed E-state index contributed by atoms with van der Waals surface area (Å²) in [4.78, 5) is 15.9. The normalized spacial score (nSPS) is 27.5. The number of nitrogens with one attached hydrogen (secondary N) is 2. The molecule has 136 valence electrons. The first kappa shape index (κ1) is 16.5. The van der Waals surface area contributed by atoms with Crippen LogP contribution in [-0.4, -0.2) is 19.0 Å². The lowest BCUT2D eigenvalue weighted by molar-refractivity contribution is -0.928. The van der Waals surface area contributed by atoms with Crippen molar-refractivity contribution in [1.29, 1.82) is 0 Å². The molecule has 2 aliphatic carbocycles. The number of fused-ring (bicyclic) bond motifs is 2. The third kappa shape index (κ3) is 3.10. The summed E-state index contributed by atoms with van der Waals surface area (Å²) in [6.07, 6.45) is 7.18. The van der Waals surface area contributed by atoms with E-state index in [0.29, 0.717) is 12.6 Å². The average molecular weight is 368 g/mol. The third-order valence-electron chi connectivity index (χ3n) is 6.41. The van der Waals surface area contributed by atoms with Crippen LogP contribution in [0, 0.1) is 5.92 Å². The molecular weight excluding hydrogens is 340 g/mol. The van der Waals surface area contributed by atoms with E-state index in [-0.39, 0.29) is 11.9 Å². The van der Waals surface area contributed by atoms with Gasteiger partial charge in [0.15, 0.2) is 6.54 Å². The summed E-state index contributed by atoms with van der Waals surface area (Å²) in [6.45, 7) is 1.72. The Kier molecular flexibility index (Phi) is 4.33. The zero-order chi connectivity index (χ0) is 17.5. The smallest absolute Gasteiger partial charge is 0.275 e. The molecule has 4 heteroatoms. The van der Waals surface area contributed by atoms with Crippen LogP contribution < -0.4 is 10.2 Å². The van der Waals surface area contributed by atoms with Gasteiger partial charge in [-0.1, -0.05) is 24.3 Å². The van der Waals surface area contributed by atoms with Gasteiger partial charge in [0.2, 0.25) is 0 Å². The molecule has 0 radical (unpaired) electrons. The summed E-state index contributed by atoms with van der Waals surface area (Å²) in [5.74, 6) is 1.02. The molecule has 3 atom stereocenters. The predicted octanol–water partition coefficient (Wildman–Crippen LogP) is 2.83. The molecule has 2 N–H and O–H groups in total. The van der Waals surface area contributed by atoms with Crippen LogP contribution in [-0.2, 0) is 17.6 Å². The van der Waals surface area contributed by atoms with Gasteiger partial charge in [0.05, 0.1) is 12.6 Å². The van der Waals surface area contributed by atoms with Crippen LogP contribution in [0.2, 0.25) is 0 Å². The van der Waals surface area contributed by atoms with Crippen molar-refractivity contribution in [3.63, 3.8) is 0 Å². The largest absolute Gasteiger partial charge is 0.344 e. The molecule has 0 saturated heterocycles. The number of amides is 1. The van der Waals surface area contributed by atoms with Gasteiger partial charge in [-0.05, 0) is 54.7 Å². The molecule has 0 bridgehead atoms. The van der Waals surface area contributed by atoms with Crippen LogP contribution in [0.25, 0.3) is 0 Å². The van der Waals surface area contributed by atoms with Gasteiger partial charge in [-0.15, -0.1) is 11.3 Å². The SMILES string of the molecule is O=C(C[NH+]1CCc2sccc2[C@@H]1C1CC1)N[C@@H]1CCCc2ccccc21. The molecule has 1 fully saturated rings. The van der Waals surface area contributed by atoms with Crippen molar-refractivity contribution in [3.05, 3.63) is 57.3 Å². The maximum atomic E-state index is 12.9. The van der Waals surface area contributed by atoms with Crippen LogP contribution >= 0.6 is 11.3 Å². The van der Waals surface area contributed by atoms with E-state index in [9.17, 15) is 4.79 Å². The highest BCUT2D eigenvalue weighted by Gasteiger charge is 2.43. The lowest BCUT2D eigenvalue weighted by Crippen LogP contribution is -3.14. The number of carbonyl (C=O) groups excluding carboxylic acids is 1. The lowest BCUT2D eigenvalue weighted by Gasteiger charge is -2.33. The molecule has 5 rings (SSSR count). The molecule has 1 aromatic heterocycles. The highest BCUT2D eigenvalue weighted by molar-refractivity contribution is 7.10. The Morgan fingerprint density at radius 1 is 1.12 bits per heavy atom. The Morgan fingerprint density at radius 3 is 2.88 bits per heavy atom. The number of quaternary nitrogens is 1. The van der Waals surface area contributed by atoms with Gasteiger partial charge in [-0.2, -0.15) is 0 Å². The number of hydrogen-bond donors (Lipinski definition) is 2. The van der Waals surface area contributed by atoms with Crippen LogP contribution in [0.4, 0.5) is 0 Å². The highest BCUT2D eigenvalue weighted by Crippen LogP contribution is 2.42. The van der Waals surface area contributed by atoms with Crippen LogP contribution in [0.5, 0.6) is 0 Å². The molecule has 3 nitrogen and oxygen atoms in total. The van der Waals surface area contributed by atoms with Crippen molar-refractivity contribution < 1.29 is 9.69 Å². The number of rotatable bonds is 4. The third-order valence-corrected chi connectivity index (χ3v) is 7.41. The monoisotopic (exact) mass is 367 g/mol. The Bertz CT molecular complexity index is 810. The summed E-state index contributed by atoms with van der Waals surface area (Å²) in [5.41, 5.74) is 4.28. The second kappa shape index (κ2) is 6.82. The van der Waals surface area contributed by atoms with E-state index < -0.39 is 0 Å². The quantitative estimate of drug-likeness (QED) is 0.856. The Labute approximate surface area is 159 Å². The molecule has 1 amide bonds. The van der Waals surface area contributed by atoms with Gasteiger partial charge in [0.1, 0.15) is 6.04 Å². The van der Waals surface area contributed by atoms with Crippen molar-refractivity contribution >= 4 is 17.2 Å². The lowest BCUT2D eigenvalue weighted by atomic mass is 9.87. The molecule has 26 heavy (non-hydrogen) atoms. The van der Waals surface area contributed by atoms with Gasteiger partial charge in [-0.25, -0.2) is 0 Å². The number of thiophene rings is 1. The number of carbonyl (C=O) groups is 1. The topological polar surface area (TPSA) is 33.5 Å². The first-order valence-corrected chi connectivity index (χ1v) is 11.0. The molecular formula is C22H27N2OS+. The van der Waals surface area contributed by atoms with Crippen molar-refractivity contribution in [2.75, 3.05) is 13.1 Å². The van der Waals surface area contributed by atoms with Crippen LogP contribution in [0.3, 0.4) is 0 Å². The molecule has 1 saturated carbocycles. The molecule has 1 aromatic carbocycles. The second-order valence-electron chi connectivity index (χ2n) is 8.16. The Hall–Kier alpha value is -1.65. The van der Waals surface area contributed by atoms with Gasteiger partial charge < -0.3 is 10.2 Å². The van der Waals surface area contributed by atoms with Crippen LogP contribution in [0.15, 0.2) is 35.7 Å². The summed E-state index contributed by atoms with van der Waals surface area (Å²) >= 11 is 1.90. The number of benzene rings is 1. The summed E-state index contributed by atoms with van der Waals surface area (Å²) in [7, 11) is 0. The summed E-state index contributed by atoms with van der Waals surface area (Å²) < 4.78 is 0. The van der Waals surface area contributed by atoms with Crippen molar-refractivity contribution in [3.8, 4) is 0 Å². The van der Waals surface area contributed by atoms with Gasteiger partial charge >= 0.3 is 0 Å². The Morgan fingerprint density at radius 2 is 2.00 bits per heavy atom. The fourth-order valence-electron chi connectivity index (χ4n) is 5.05. The second-order valence-corrected chi connectivity index (χ2v) is 9.16. The highest BCUT2D eigenvalue weighted by atomic mass is 32.1. The Balaban J connectivity index is 1.29. The number of hydrogen-bond acceptors (Lipinski definition) is 2. The molecule has 2 aromatic rings. The molecule has 1 unspecified atom stereocenters. The predicted molar refractivity (Wildman–Crippen MR) is 104 cm³/mol. The first-order chi connectivity index (χ1) is 12.8. The van der Waals surface area contributed by atoms with Crippen molar-refractivity contribution in [2.24, 2.45) is 5.92 Å². The van der Waals surface area contributed by atoms with E-state index in [2.05, 4.69) is 41.0 Å². The van der Waals surface area contributed by atoms with E-state index in [1.54, 1.807) is 4.88 Å². The molecule has 3 aliphatic rings. The van der Waals surface area contributed by atoms with Crippen molar-refractivity contribution in [1.82, 2.24) is 5.32 Å². The molecule has 2 heterocycles. The molecule has 1 aliphatic heterocycles. The average Bonchev–Trinajstić information content (AvgIpc) is 3.38.